The summed E-state index contributed by atoms with van der Waals surface area (Å²) in [7, 11) is 0. The fraction of sp³-hybridized carbons (Fsp3) is 0.0800. The van der Waals surface area contributed by atoms with Gasteiger partial charge >= 0.3 is 0 Å². The molecule has 2 aromatic heterocycles. The molecule has 0 atom stereocenters. The third-order valence-electron chi connectivity index (χ3n) is 9.90. The highest BCUT2D eigenvalue weighted by Gasteiger charge is 2.15. The molecule has 0 unspecified atom stereocenters. The molecule has 0 fully saturated rings. The number of aryl methyl sites for hydroxylation is 4. The first-order chi connectivity index (χ1) is 26.4. The van der Waals surface area contributed by atoms with Gasteiger partial charge in [-0.3, -0.25) is 9.97 Å². The van der Waals surface area contributed by atoms with Crippen LogP contribution in [0.4, 0.5) is 34.1 Å². The number of pyridine rings is 2. The van der Waals surface area contributed by atoms with Crippen LogP contribution < -0.4 is 9.80 Å². The summed E-state index contributed by atoms with van der Waals surface area (Å²) in [6, 6.07) is 56.6. The van der Waals surface area contributed by atoms with Gasteiger partial charge < -0.3 is 9.80 Å². The minimum Gasteiger partial charge on any atom is -0.311 e. The third kappa shape index (κ3) is 7.41. The SMILES string of the molecule is Cc1ccc(N(c2ccc(C)cc2)c2ccc(-c3cncc(-c4cncc(-c5ccc(N(c6ccc(C)cc6)c6ccc(C)cc6)cc5)c4)c3)cc2)cc1. The highest BCUT2D eigenvalue weighted by molar-refractivity contribution is 5.81. The van der Waals surface area contributed by atoms with Crippen molar-refractivity contribution in [2.45, 2.75) is 27.7 Å². The van der Waals surface area contributed by atoms with Crippen LogP contribution in [0.25, 0.3) is 33.4 Å². The number of anilines is 6. The third-order valence-corrected chi connectivity index (χ3v) is 9.90. The molecule has 2 heterocycles. The van der Waals surface area contributed by atoms with Crippen molar-refractivity contribution in [3.63, 3.8) is 0 Å². The molecule has 8 aromatic rings. The normalized spacial score (nSPS) is 11.0. The molecule has 8 rings (SSSR count). The molecule has 0 aliphatic carbocycles. The van der Waals surface area contributed by atoms with Gasteiger partial charge in [0.2, 0.25) is 0 Å². The lowest BCUT2D eigenvalue weighted by atomic mass is 10.00. The Balaban J connectivity index is 1.06. The molecule has 0 saturated carbocycles. The monoisotopic (exact) mass is 698 g/mol. The highest BCUT2D eigenvalue weighted by atomic mass is 15.1. The van der Waals surface area contributed by atoms with E-state index in [0.29, 0.717) is 0 Å². The average molecular weight is 699 g/mol. The van der Waals surface area contributed by atoms with Crippen LogP contribution in [0.1, 0.15) is 22.3 Å². The summed E-state index contributed by atoms with van der Waals surface area (Å²) in [6.07, 6.45) is 7.69. The first-order valence-corrected chi connectivity index (χ1v) is 18.4. The number of hydrogen-bond donors (Lipinski definition) is 0. The second-order valence-corrected chi connectivity index (χ2v) is 14.0. The lowest BCUT2D eigenvalue weighted by Crippen LogP contribution is -2.09. The molecule has 0 N–H and O–H groups in total. The Morgan fingerprint density at radius 1 is 0.259 bits per heavy atom. The first-order valence-electron chi connectivity index (χ1n) is 18.4. The van der Waals surface area contributed by atoms with Crippen molar-refractivity contribution in [1.82, 2.24) is 9.97 Å². The molecular weight excluding hydrogens is 657 g/mol. The average Bonchev–Trinajstić information content (AvgIpc) is 3.21. The maximum absolute atomic E-state index is 4.66. The Morgan fingerprint density at radius 3 is 0.704 bits per heavy atom. The van der Waals surface area contributed by atoms with E-state index < -0.39 is 0 Å². The molecule has 0 saturated heterocycles. The van der Waals surface area contributed by atoms with Crippen LogP contribution in [-0.2, 0) is 0 Å². The standard InChI is InChI=1S/C50H42N4/c1-35-5-17-45(18-6-35)53(46-19-7-36(2)8-20-46)49-25-13-39(14-26-49)41-29-43(33-51-31-41)44-30-42(32-52-34-44)40-15-27-50(28-16-40)54(47-21-9-37(3)10-22-47)48-23-11-38(4)12-24-48/h5-34H,1-4H3. The van der Waals surface area contributed by atoms with E-state index in [2.05, 4.69) is 205 Å². The maximum Gasteiger partial charge on any atom is 0.0462 e. The smallest absolute Gasteiger partial charge is 0.0462 e. The molecule has 0 amide bonds. The minimum absolute atomic E-state index is 1.02. The van der Waals surface area contributed by atoms with Gasteiger partial charge in [0.1, 0.15) is 0 Å². The van der Waals surface area contributed by atoms with E-state index in [-0.39, 0.29) is 0 Å². The number of nitrogens with zero attached hydrogens (tertiary/aromatic N) is 4. The van der Waals surface area contributed by atoms with Crippen LogP contribution in [0.3, 0.4) is 0 Å². The lowest BCUT2D eigenvalue weighted by molar-refractivity contribution is 1.26. The van der Waals surface area contributed by atoms with Crippen LogP contribution in [0.5, 0.6) is 0 Å². The number of aromatic nitrogens is 2. The van der Waals surface area contributed by atoms with Gasteiger partial charge in [-0.05, 0) is 124 Å². The Labute approximate surface area is 318 Å². The molecule has 4 heteroatoms. The summed E-state index contributed by atoms with van der Waals surface area (Å²) < 4.78 is 0. The Kier molecular flexibility index (Phi) is 9.57. The summed E-state index contributed by atoms with van der Waals surface area (Å²) in [5.41, 5.74) is 18.0. The van der Waals surface area contributed by atoms with Crippen molar-refractivity contribution >= 4 is 34.1 Å². The van der Waals surface area contributed by atoms with Crippen molar-refractivity contribution < 1.29 is 0 Å². The summed E-state index contributed by atoms with van der Waals surface area (Å²) in [5.74, 6) is 0. The Morgan fingerprint density at radius 2 is 0.463 bits per heavy atom. The topological polar surface area (TPSA) is 32.3 Å². The van der Waals surface area contributed by atoms with Crippen molar-refractivity contribution in [2.24, 2.45) is 0 Å². The fourth-order valence-corrected chi connectivity index (χ4v) is 6.79. The first kappa shape index (κ1) is 34.3. The van der Waals surface area contributed by atoms with Gasteiger partial charge in [-0.2, -0.15) is 0 Å². The molecule has 54 heavy (non-hydrogen) atoms. The maximum atomic E-state index is 4.66. The molecule has 4 nitrogen and oxygen atoms in total. The molecule has 0 aliphatic rings. The molecule has 262 valence electrons. The van der Waals surface area contributed by atoms with Gasteiger partial charge in [-0.25, -0.2) is 0 Å². The second kappa shape index (κ2) is 15.1. The quantitative estimate of drug-likeness (QED) is 0.150. The lowest BCUT2D eigenvalue weighted by Gasteiger charge is -2.26. The van der Waals surface area contributed by atoms with E-state index in [4.69, 9.17) is 0 Å². The van der Waals surface area contributed by atoms with Crippen molar-refractivity contribution in [1.29, 1.82) is 0 Å². The van der Waals surface area contributed by atoms with Crippen molar-refractivity contribution in [2.75, 3.05) is 9.80 Å². The Hall–Kier alpha value is -6.78. The zero-order valence-electron chi connectivity index (χ0n) is 31.1. The van der Waals surface area contributed by atoms with Gasteiger partial charge in [0, 0.05) is 81.2 Å². The zero-order chi connectivity index (χ0) is 37.0. The summed E-state index contributed by atoms with van der Waals surface area (Å²) in [5, 5.41) is 0. The van der Waals surface area contributed by atoms with Gasteiger partial charge in [-0.15, -0.1) is 0 Å². The van der Waals surface area contributed by atoms with Gasteiger partial charge in [0.25, 0.3) is 0 Å². The van der Waals surface area contributed by atoms with Crippen LogP contribution >= 0.6 is 0 Å². The van der Waals surface area contributed by atoms with Gasteiger partial charge in [0.15, 0.2) is 0 Å². The van der Waals surface area contributed by atoms with Crippen molar-refractivity contribution in [3.8, 4) is 33.4 Å². The summed E-state index contributed by atoms with van der Waals surface area (Å²) in [6.45, 7) is 8.48. The van der Waals surface area contributed by atoms with Gasteiger partial charge in [-0.1, -0.05) is 95.1 Å². The van der Waals surface area contributed by atoms with Gasteiger partial charge in [0.05, 0.1) is 0 Å². The predicted molar refractivity (Wildman–Crippen MR) is 227 cm³/mol. The number of hydrogen-bond acceptors (Lipinski definition) is 4. The minimum atomic E-state index is 1.02. The highest BCUT2D eigenvalue weighted by Crippen LogP contribution is 2.38. The molecule has 0 spiro atoms. The second-order valence-electron chi connectivity index (χ2n) is 14.0. The zero-order valence-corrected chi connectivity index (χ0v) is 31.1. The molecule has 0 radical (unpaired) electrons. The van der Waals surface area contributed by atoms with Crippen LogP contribution in [0.15, 0.2) is 183 Å². The van der Waals surface area contributed by atoms with Crippen molar-refractivity contribution in [3.05, 3.63) is 205 Å². The number of benzene rings is 6. The van der Waals surface area contributed by atoms with Crippen LogP contribution in [0, 0.1) is 27.7 Å². The van der Waals surface area contributed by atoms with E-state index in [1.54, 1.807) is 0 Å². The van der Waals surface area contributed by atoms with Crippen LogP contribution in [-0.4, -0.2) is 9.97 Å². The predicted octanol–water partition coefficient (Wildman–Crippen LogP) is 13.7. The Bertz CT molecular complexity index is 2210. The summed E-state index contributed by atoms with van der Waals surface area (Å²) in [4.78, 5) is 13.9. The molecule has 6 aromatic carbocycles. The molecule has 0 bridgehead atoms. The molecule has 0 aliphatic heterocycles. The van der Waals surface area contributed by atoms with E-state index in [1.165, 1.54) is 22.3 Å². The van der Waals surface area contributed by atoms with Crippen LogP contribution in [0.2, 0.25) is 0 Å². The molecular formula is C50H42N4. The summed E-state index contributed by atoms with van der Waals surface area (Å²) >= 11 is 0. The van der Waals surface area contributed by atoms with E-state index in [1.807, 2.05) is 24.8 Å². The van der Waals surface area contributed by atoms with E-state index >= 15 is 0 Å². The van der Waals surface area contributed by atoms with E-state index in [9.17, 15) is 0 Å². The number of rotatable bonds is 9. The van der Waals surface area contributed by atoms with E-state index in [0.717, 1.165) is 67.5 Å². The fourth-order valence-electron chi connectivity index (χ4n) is 6.79. The largest absolute Gasteiger partial charge is 0.311 e.